The molecule has 0 atom stereocenters. The Balaban J connectivity index is 2.18. The Morgan fingerprint density at radius 2 is 2.33 bits per heavy atom. The third-order valence-corrected chi connectivity index (χ3v) is 2.43. The van der Waals surface area contributed by atoms with E-state index in [0.29, 0.717) is 30.2 Å². The number of amides is 1. The molecule has 1 aromatic rings. The van der Waals surface area contributed by atoms with Gasteiger partial charge in [-0.3, -0.25) is 9.59 Å². The highest BCUT2D eigenvalue weighted by molar-refractivity contribution is 5.98. The van der Waals surface area contributed by atoms with E-state index in [0.717, 1.165) is 0 Å². The molecule has 1 amide bonds. The first-order valence-electron chi connectivity index (χ1n) is 5.57. The molecule has 96 valence electrons. The van der Waals surface area contributed by atoms with Crippen molar-refractivity contribution < 1.29 is 24.2 Å². The van der Waals surface area contributed by atoms with Gasteiger partial charge < -0.3 is 19.9 Å². The van der Waals surface area contributed by atoms with Crippen LogP contribution in [-0.2, 0) is 4.79 Å². The first-order chi connectivity index (χ1) is 8.68. The molecule has 0 radical (unpaired) electrons. The van der Waals surface area contributed by atoms with Crippen LogP contribution < -0.4 is 14.8 Å². The maximum Gasteiger partial charge on any atom is 0.306 e. The van der Waals surface area contributed by atoms with Crippen molar-refractivity contribution in [3.05, 3.63) is 23.8 Å². The normalized spacial score (nSPS) is 13.9. The van der Waals surface area contributed by atoms with Crippen molar-refractivity contribution in [2.45, 2.75) is 6.42 Å². The van der Waals surface area contributed by atoms with Crippen LogP contribution in [-0.4, -0.2) is 36.7 Å². The fourth-order valence-electron chi connectivity index (χ4n) is 1.62. The van der Waals surface area contributed by atoms with Crippen LogP contribution in [0.5, 0.6) is 11.5 Å². The number of carbonyl (C=O) groups is 2. The van der Waals surface area contributed by atoms with Crippen LogP contribution in [0.4, 0.5) is 0 Å². The maximum atomic E-state index is 11.7. The highest BCUT2D eigenvalue weighted by Crippen LogP contribution is 2.32. The molecule has 1 heterocycles. The van der Waals surface area contributed by atoms with E-state index in [1.165, 1.54) is 0 Å². The number of hydrogen-bond donors (Lipinski definition) is 2. The van der Waals surface area contributed by atoms with Crippen LogP contribution in [0.2, 0.25) is 0 Å². The van der Waals surface area contributed by atoms with Gasteiger partial charge in [0, 0.05) is 0 Å². The molecule has 1 aliphatic rings. The van der Waals surface area contributed by atoms with Gasteiger partial charge in [-0.05, 0) is 12.1 Å². The summed E-state index contributed by atoms with van der Waals surface area (Å²) in [6, 6.07) is 4.96. The zero-order valence-electron chi connectivity index (χ0n) is 9.64. The van der Waals surface area contributed by atoms with Crippen molar-refractivity contribution >= 4 is 11.9 Å². The number of carbonyl (C=O) groups excluding carboxylic acids is 1. The van der Waals surface area contributed by atoms with E-state index in [-0.39, 0.29) is 18.9 Å². The lowest BCUT2D eigenvalue weighted by atomic mass is 10.1. The van der Waals surface area contributed by atoms with Crippen molar-refractivity contribution in [2.75, 3.05) is 19.8 Å². The predicted octanol–water partition coefficient (Wildman–Crippen LogP) is 0.662. The number of hydrogen-bond acceptors (Lipinski definition) is 4. The molecule has 0 bridgehead atoms. The third kappa shape index (κ3) is 2.71. The standard InChI is InChI=1S/C12H13NO5/c14-10(15)4-6-17-9-3-1-2-8-11(9)18-7-5-13-12(8)16/h1-3H,4-7H2,(H,13,16)(H,14,15). The molecule has 1 aromatic carbocycles. The summed E-state index contributed by atoms with van der Waals surface area (Å²) >= 11 is 0. The molecule has 0 saturated carbocycles. The number of fused-ring (bicyclic) bond motifs is 1. The first kappa shape index (κ1) is 12.2. The largest absolute Gasteiger partial charge is 0.489 e. The van der Waals surface area contributed by atoms with Gasteiger partial charge in [-0.25, -0.2) is 0 Å². The van der Waals surface area contributed by atoms with Crippen LogP contribution >= 0.6 is 0 Å². The van der Waals surface area contributed by atoms with Crippen LogP contribution in [0.1, 0.15) is 16.8 Å². The lowest BCUT2D eigenvalue weighted by Crippen LogP contribution is -2.24. The third-order valence-electron chi connectivity index (χ3n) is 2.43. The number of para-hydroxylation sites is 1. The van der Waals surface area contributed by atoms with E-state index in [4.69, 9.17) is 14.6 Å². The number of benzene rings is 1. The van der Waals surface area contributed by atoms with E-state index < -0.39 is 5.97 Å². The van der Waals surface area contributed by atoms with Crippen LogP contribution in [0.15, 0.2) is 18.2 Å². The summed E-state index contributed by atoms with van der Waals surface area (Å²) in [5.41, 5.74) is 0.403. The molecular weight excluding hydrogens is 238 g/mol. The summed E-state index contributed by atoms with van der Waals surface area (Å²) in [5, 5.41) is 11.2. The van der Waals surface area contributed by atoms with Gasteiger partial charge in [0.2, 0.25) is 0 Å². The summed E-state index contributed by atoms with van der Waals surface area (Å²) in [7, 11) is 0. The zero-order chi connectivity index (χ0) is 13.0. The molecular formula is C12H13NO5. The van der Waals surface area contributed by atoms with Gasteiger partial charge in [-0.15, -0.1) is 0 Å². The van der Waals surface area contributed by atoms with Crippen LogP contribution in [0, 0.1) is 0 Å². The lowest BCUT2D eigenvalue weighted by Gasteiger charge is -2.12. The Labute approximate surface area is 104 Å². The molecule has 1 aliphatic heterocycles. The van der Waals surface area contributed by atoms with Gasteiger partial charge in [-0.2, -0.15) is 0 Å². The maximum absolute atomic E-state index is 11.7. The van der Waals surface area contributed by atoms with Crippen molar-refractivity contribution in [3.8, 4) is 11.5 Å². The van der Waals surface area contributed by atoms with E-state index in [1.807, 2.05) is 0 Å². The number of carboxylic acids is 1. The molecule has 2 N–H and O–H groups in total. The zero-order valence-corrected chi connectivity index (χ0v) is 9.64. The molecule has 2 rings (SSSR count). The molecule has 0 aliphatic carbocycles. The quantitative estimate of drug-likeness (QED) is 0.821. The molecule has 18 heavy (non-hydrogen) atoms. The van der Waals surface area contributed by atoms with Gasteiger partial charge in [0.05, 0.1) is 25.1 Å². The Hall–Kier alpha value is -2.24. The summed E-state index contributed by atoms with van der Waals surface area (Å²) in [4.78, 5) is 22.1. The number of rotatable bonds is 4. The van der Waals surface area contributed by atoms with Crippen LogP contribution in [0.25, 0.3) is 0 Å². The fourth-order valence-corrected chi connectivity index (χ4v) is 1.62. The Kier molecular flexibility index (Phi) is 3.66. The van der Waals surface area contributed by atoms with E-state index in [9.17, 15) is 9.59 Å². The molecule has 0 spiro atoms. The predicted molar refractivity (Wildman–Crippen MR) is 62.0 cm³/mol. The molecule has 6 heteroatoms. The number of carboxylic acid groups (broad SMARTS) is 1. The second-order valence-corrected chi connectivity index (χ2v) is 3.73. The molecule has 0 saturated heterocycles. The van der Waals surface area contributed by atoms with E-state index in [2.05, 4.69) is 5.32 Å². The topological polar surface area (TPSA) is 84.9 Å². The average Bonchev–Trinajstić information content (AvgIpc) is 2.52. The minimum Gasteiger partial charge on any atom is -0.489 e. The monoisotopic (exact) mass is 251 g/mol. The minimum atomic E-state index is -0.935. The van der Waals surface area contributed by atoms with Crippen molar-refractivity contribution in [1.82, 2.24) is 5.32 Å². The van der Waals surface area contributed by atoms with Gasteiger partial charge in [0.1, 0.15) is 6.61 Å². The number of nitrogens with one attached hydrogen (secondary N) is 1. The van der Waals surface area contributed by atoms with E-state index >= 15 is 0 Å². The van der Waals surface area contributed by atoms with Crippen molar-refractivity contribution in [3.63, 3.8) is 0 Å². The minimum absolute atomic E-state index is 0.0385. The average molecular weight is 251 g/mol. The van der Waals surface area contributed by atoms with Gasteiger partial charge in [0.25, 0.3) is 5.91 Å². The smallest absolute Gasteiger partial charge is 0.306 e. The SMILES string of the molecule is O=C(O)CCOc1cccc2c1OCCNC2=O. The Morgan fingerprint density at radius 3 is 3.11 bits per heavy atom. The summed E-state index contributed by atoms with van der Waals surface area (Å²) in [6.07, 6.45) is -0.101. The summed E-state index contributed by atoms with van der Waals surface area (Å²) in [6.45, 7) is 0.830. The van der Waals surface area contributed by atoms with Gasteiger partial charge >= 0.3 is 5.97 Å². The number of aliphatic carboxylic acids is 1. The fraction of sp³-hybridized carbons (Fsp3) is 0.333. The molecule has 0 fully saturated rings. The van der Waals surface area contributed by atoms with Crippen LogP contribution in [0.3, 0.4) is 0 Å². The highest BCUT2D eigenvalue weighted by Gasteiger charge is 2.20. The summed E-state index contributed by atoms with van der Waals surface area (Å²) < 4.78 is 10.8. The van der Waals surface area contributed by atoms with Gasteiger partial charge in [0.15, 0.2) is 11.5 Å². The lowest BCUT2D eigenvalue weighted by molar-refractivity contribution is -0.137. The van der Waals surface area contributed by atoms with E-state index in [1.54, 1.807) is 18.2 Å². The Morgan fingerprint density at radius 1 is 1.50 bits per heavy atom. The van der Waals surface area contributed by atoms with Crippen molar-refractivity contribution in [2.24, 2.45) is 0 Å². The number of ether oxygens (including phenoxy) is 2. The molecule has 6 nitrogen and oxygen atoms in total. The highest BCUT2D eigenvalue weighted by atomic mass is 16.5. The first-order valence-corrected chi connectivity index (χ1v) is 5.57. The van der Waals surface area contributed by atoms with Gasteiger partial charge in [-0.1, -0.05) is 6.07 Å². The molecule has 0 aromatic heterocycles. The summed E-state index contributed by atoms with van der Waals surface area (Å²) in [5.74, 6) is -0.384. The Bertz CT molecular complexity index is 472. The second kappa shape index (κ2) is 5.39. The second-order valence-electron chi connectivity index (χ2n) is 3.73. The molecule has 0 unspecified atom stereocenters. The van der Waals surface area contributed by atoms with Crippen molar-refractivity contribution in [1.29, 1.82) is 0 Å².